The Hall–Kier alpha value is -2.75. The number of carbonyl (C=O) groups is 3. The Balaban J connectivity index is 1.54. The van der Waals surface area contributed by atoms with Crippen LogP contribution in [0.25, 0.3) is 0 Å². The van der Waals surface area contributed by atoms with E-state index in [1.807, 2.05) is 45.1 Å². The van der Waals surface area contributed by atoms with Crippen molar-refractivity contribution in [1.82, 2.24) is 0 Å². The van der Waals surface area contributed by atoms with Gasteiger partial charge in [0.1, 0.15) is 30.0 Å². The van der Waals surface area contributed by atoms with E-state index in [0.29, 0.717) is 12.0 Å². The molecule has 12 atom stereocenters. The first kappa shape index (κ1) is 29.7. The molecule has 2 heterocycles. The lowest BCUT2D eigenvalue weighted by Gasteiger charge is -2.49. The molecule has 9 nitrogen and oxygen atoms in total. The van der Waals surface area contributed by atoms with Gasteiger partial charge in [-0.05, 0) is 32.3 Å². The fraction of sp³-hybridized carbons (Fsp3) is 0.656. The Labute approximate surface area is 241 Å². The molecule has 0 amide bonds. The first-order valence-corrected chi connectivity index (χ1v) is 14.8. The van der Waals surface area contributed by atoms with Crippen molar-refractivity contribution in [3.63, 3.8) is 0 Å². The maximum absolute atomic E-state index is 13.4. The molecule has 1 spiro atoms. The molecule has 2 aliphatic heterocycles. The number of rotatable bonds is 6. The Morgan fingerprint density at radius 3 is 2.66 bits per heavy atom. The van der Waals surface area contributed by atoms with Crippen molar-refractivity contribution in [3.05, 3.63) is 47.6 Å². The maximum Gasteiger partial charge on any atom is 0.335 e. The van der Waals surface area contributed by atoms with Gasteiger partial charge in [-0.25, -0.2) is 9.59 Å². The van der Waals surface area contributed by atoms with E-state index in [0.717, 1.165) is 5.57 Å². The van der Waals surface area contributed by atoms with Gasteiger partial charge in [0.15, 0.2) is 6.10 Å². The van der Waals surface area contributed by atoms with Crippen LogP contribution in [0.1, 0.15) is 53.9 Å². The third kappa shape index (κ3) is 5.00. The van der Waals surface area contributed by atoms with Gasteiger partial charge in [-0.15, -0.1) is 0 Å². The average Bonchev–Trinajstić information content (AvgIpc) is 3.55. The fourth-order valence-corrected chi connectivity index (χ4v) is 7.64. The highest BCUT2D eigenvalue weighted by atomic mass is 16.6. The summed E-state index contributed by atoms with van der Waals surface area (Å²) in [6.45, 7) is 9.23. The second-order valence-electron chi connectivity index (χ2n) is 12.1. The van der Waals surface area contributed by atoms with E-state index in [1.165, 1.54) is 7.11 Å². The van der Waals surface area contributed by atoms with Gasteiger partial charge in [0, 0.05) is 48.7 Å². The van der Waals surface area contributed by atoms with Crippen molar-refractivity contribution in [3.8, 4) is 0 Å². The molecule has 0 aromatic heterocycles. The quantitative estimate of drug-likeness (QED) is 0.290. The molecule has 1 saturated heterocycles. The third-order valence-corrected chi connectivity index (χ3v) is 9.75. The Bertz CT molecular complexity index is 1180. The van der Waals surface area contributed by atoms with E-state index in [2.05, 4.69) is 6.08 Å². The van der Waals surface area contributed by atoms with Gasteiger partial charge >= 0.3 is 17.9 Å². The summed E-state index contributed by atoms with van der Waals surface area (Å²) in [5.41, 5.74) is 0.517. The van der Waals surface area contributed by atoms with E-state index in [1.54, 1.807) is 19.9 Å². The van der Waals surface area contributed by atoms with E-state index in [9.17, 15) is 19.5 Å². The molecule has 4 bridgehead atoms. The van der Waals surface area contributed by atoms with Crippen molar-refractivity contribution in [2.45, 2.75) is 96.1 Å². The lowest BCUT2D eigenvalue weighted by atomic mass is 9.57. The van der Waals surface area contributed by atoms with E-state index in [-0.39, 0.29) is 48.4 Å². The summed E-state index contributed by atoms with van der Waals surface area (Å²) < 4.78 is 30.2. The second kappa shape index (κ2) is 11.5. The normalized spacial score (nSPS) is 43.2. The van der Waals surface area contributed by atoms with Crippen molar-refractivity contribution < 1.29 is 43.2 Å². The van der Waals surface area contributed by atoms with Crippen LogP contribution in [-0.2, 0) is 38.1 Å². The SMILES string of the molecule is CCC(=O)O[C@H](C)[C@H]1OC(=O)[C@@H](OC)CC2C=C[C@H]3[C@H]4O[C@]2(/C(C)=C/[C@H]1C)[C@@H]3[C@H](O)[C@@H](C)[C@H]4OC(=O)C1=CC=CC1. The van der Waals surface area contributed by atoms with Crippen molar-refractivity contribution >= 4 is 17.9 Å². The van der Waals surface area contributed by atoms with Crippen LogP contribution in [0.15, 0.2) is 47.6 Å². The molecule has 0 radical (unpaired) electrons. The molecule has 9 heteroatoms. The lowest BCUT2D eigenvalue weighted by Crippen LogP contribution is -2.57. The lowest BCUT2D eigenvalue weighted by molar-refractivity contribution is -0.179. The molecule has 1 saturated carbocycles. The van der Waals surface area contributed by atoms with E-state index < -0.39 is 54.2 Å². The van der Waals surface area contributed by atoms with Crippen LogP contribution in [0.3, 0.4) is 0 Å². The molecule has 0 aromatic carbocycles. The standard InChI is InChI=1S/C32H42O9/c1-7-24(33)38-19(5)27-16(2)14-17(3)32-21(15-23(37-6)31(36)39-27)12-13-22-25(32)26(34)18(4)28(29(22)41-32)40-30(35)20-10-8-9-11-20/h8-10,12-14,16,18-19,21-23,25-29,34H,7,11,15H2,1-6H3/b17-14+/t16-,18-,19-,21?,22-,23+,25+,26-,27+,28-,29-,32+/m1/s1. The Morgan fingerprint density at radius 1 is 1.24 bits per heavy atom. The molecule has 5 aliphatic rings. The van der Waals surface area contributed by atoms with Gasteiger partial charge < -0.3 is 28.8 Å². The summed E-state index contributed by atoms with van der Waals surface area (Å²) in [6.07, 6.45) is 8.33. The Morgan fingerprint density at radius 2 is 2.00 bits per heavy atom. The van der Waals surface area contributed by atoms with E-state index >= 15 is 0 Å². The van der Waals surface area contributed by atoms with Crippen LogP contribution >= 0.6 is 0 Å². The van der Waals surface area contributed by atoms with Gasteiger partial charge in [-0.2, -0.15) is 0 Å². The number of carbonyl (C=O) groups excluding carboxylic acids is 3. The molecule has 1 N–H and O–H groups in total. The number of hydrogen-bond donors (Lipinski definition) is 1. The summed E-state index contributed by atoms with van der Waals surface area (Å²) in [4.78, 5) is 38.5. The number of esters is 3. The van der Waals surface area contributed by atoms with Crippen LogP contribution in [0, 0.1) is 29.6 Å². The number of cyclic esters (lactones) is 1. The largest absolute Gasteiger partial charge is 0.459 e. The summed E-state index contributed by atoms with van der Waals surface area (Å²) in [5.74, 6) is -2.82. The van der Waals surface area contributed by atoms with Crippen LogP contribution in [-0.4, -0.2) is 72.3 Å². The zero-order valence-corrected chi connectivity index (χ0v) is 24.6. The third-order valence-electron chi connectivity index (χ3n) is 9.75. The Kier molecular flexibility index (Phi) is 8.34. The van der Waals surface area contributed by atoms with Gasteiger partial charge in [0.2, 0.25) is 0 Å². The first-order chi connectivity index (χ1) is 19.5. The molecule has 0 aromatic rings. The predicted octanol–water partition coefficient (Wildman–Crippen LogP) is 3.61. The number of allylic oxidation sites excluding steroid dienone is 3. The maximum atomic E-state index is 13.4. The van der Waals surface area contributed by atoms with Gasteiger partial charge in [0.05, 0.1) is 6.10 Å². The van der Waals surface area contributed by atoms with Crippen molar-refractivity contribution in [2.24, 2.45) is 29.6 Å². The number of aliphatic hydroxyl groups excluding tert-OH is 1. The molecule has 41 heavy (non-hydrogen) atoms. The van der Waals surface area contributed by atoms with Gasteiger partial charge in [0.25, 0.3) is 0 Å². The minimum atomic E-state index is -0.955. The van der Waals surface area contributed by atoms with Crippen LogP contribution < -0.4 is 0 Å². The highest BCUT2D eigenvalue weighted by molar-refractivity contribution is 5.90. The number of methoxy groups -OCH3 is 1. The van der Waals surface area contributed by atoms with E-state index in [4.69, 9.17) is 23.7 Å². The highest BCUT2D eigenvalue weighted by Crippen LogP contribution is 2.61. The molecule has 3 aliphatic carbocycles. The highest BCUT2D eigenvalue weighted by Gasteiger charge is 2.69. The number of ether oxygens (including phenoxy) is 5. The van der Waals surface area contributed by atoms with Gasteiger partial charge in [-0.3, -0.25) is 4.79 Å². The monoisotopic (exact) mass is 570 g/mol. The summed E-state index contributed by atoms with van der Waals surface area (Å²) in [7, 11) is 1.47. The molecule has 1 unspecified atom stereocenters. The number of aliphatic hydroxyl groups is 1. The molecule has 5 rings (SSSR count). The second-order valence-corrected chi connectivity index (χ2v) is 12.1. The van der Waals surface area contributed by atoms with Crippen LogP contribution in [0.4, 0.5) is 0 Å². The topological polar surface area (TPSA) is 118 Å². The number of hydrogen-bond acceptors (Lipinski definition) is 9. The fourth-order valence-electron chi connectivity index (χ4n) is 7.64. The van der Waals surface area contributed by atoms with Gasteiger partial charge in [-0.1, -0.05) is 57.2 Å². The van der Waals surface area contributed by atoms with Crippen LogP contribution in [0.2, 0.25) is 0 Å². The summed E-state index contributed by atoms with van der Waals surface area (Å²) >= 11 is 0. The van der Waals surface area contributed by atoms with Crippen LogP contribution in [0.5, 0.6) is 0 Å². The predicted molar refractivity (Wildman–Crippen MR) is 148 cm³/mol. The molecular formula is C32H42O9. The molecule has 2 fully saturated rings. The van der Waals surface area contributed by atoms with Crippen molar-refractivity contribution in [2.75, 3.05) is 7.11 Å². The minimum Gasteiger partial charge on any atom is -0.459 e. The minimum absolute atomic E-state index is 0.180. The molecular weight excluding hydrogens is 528 g/mol. The first-order valence-electron chi connectivity index (χ1n) is 14.8. The molecule has 224 valence electrons. The summed E-state index contributed by atoms with van der Waals surface area (Å²) in [6, 6.07) is 0. The van der Waals surface area contributed by atoms with Crippen molar-refractivity contribution in [1.29, 1.82) is 0 Å². The smallest absolute Gasteiger partial charge is 0.335 e. The summed E-state index contributed by atoms with van der Waals surface area (Å²) in [5, 5.41) is 11.8. The zero-order valence-electron chi connectivity index (χ0n) is 24.6. The average molecular weight is 571 g/mol. The zero-order chi connectivity index (χ0) is 29.6.